The molecule has 0 unspecified atom stereocenters. The molecule has 2 aliphatic heterocycles. The largest absolute Gasteiger partial charge is 0.390 e. The van der Waals surface area contributed by atoms with E-state index in [1.807, 2.05) is 51.6 Å². The van der Waals surface area contributed by atoms with Gasteiger partial charge in [0.15, 0.2) is 0 Å². The average Bonchev–Trinajstić information content (AvgIpc) is 3.66. The maximum atomic E-state index is 13.9. The standard InChI is InChI=1S/C37H60N6O6S/c1-5-23(4)31(36(48)39-20-25-15-11-12-18-38-25)42-35(47)30(22(2)3)34(46)33(45)26(19-24-13-7-6-8-14-24)40-29(44)17-10-9-16-28-32-27(21-50-28)41-37(49)43-32/h11-12,15,18,22-24,26-28,30-34,45-46H,5-10,13-14,16-17,19-21H2,1-4H3,(H,39,48)(H,40,44)(H,42,47)(H2,41,43,49)/t23-,26-,27-,28-,30+,31-,32-,33+,34+/m0/s1. The van der Waals surface area contributed by atoms with Gasteiger partial charge in [-0.1, -0.05) is 78.7 Å². The number of aliphatic hydroxyl groups is 2. The molecule has 3 fully saturated rings. The number of nitrogens with zero attached hydrogens (tertiary/aromatic N) is 1. The predicted molar refractivity (Wildman–Crippen MR) is 195 cm³/mol. The summed E-state index contributed by atoms with van der Waals surface area (Å²) in [6.07, 6.45) is 8.05. The summed E-state index contributed by atoms with van der Waals surface area (Å²) >= 11 is 1.85. The second-order valence-corrected chi connectivity index (χ2v) is 16.2. The van der Waals surface area contributed by atoms with Gasteiger partial charge in [0.1, 0.15) is 12.1 Å². The van der Waals surface area contributed by atoms with Gasteiger partial charge >= 0.3 is 6.03 Å². The number of aromatic nitrogens is 1. The Labute approximate surface area is 301 Å². The summed E-state index contributed by atoms with van der Waals surface area (Å²) in [5.74, 6) is -1.37. The summed E-state index contributed by atoms with van der Waals surface area (Å²) in [5, 5.41) is 38.4. The molecule has 0 aromatic carbocycles. The molecule has 1 aromatic rings. The zero-order valence-electron chi connectivity index (χ0n) is 30.2. The van der Waals surface area contributed by atoms with E-state index in [2.05, 4.69) is 31.6 Å². The molecule has 7 N–H and O–H groups in total. The monoisotopic (exact) mass is 716 g/mol. The second-order valence-electron chi connectivity index (χ2n) is 14.9. The normalized spacial score (nSPS) is 24.2. The number of aliphatic hydroxyl groups excluding tert-OH is 2. The summed E-state index contributed by atoms with van der Waals surface area (Å²) < 4.78 is 0. The Morgan fingerprint density at radius 1 is 1.00 bits per heavy atom. The zero-order valence-corrected chi connectivity index (χ0v) is 31.1. The highest BCUT2D eigenvalue weighted by molar-refractivity contribution is 8.00. The SMILES string of the molecule is CC[C@H](C)[C@H](NC(=O)[C@H](C(C)C)[C@@H](O)[C@H](O)[C@H](CC1CCCCC1)NC(=O)CCCC[C@@H]1SC[C@@H]2NC(=O)N[C@@H]21)C(=O)NCc1ccccn1. The minimum atomic E-state index is -1.46. The molecule has 3 heterocycles. The van der Waals surface area contributed by atoms with E-state index < -0.39 is 36.1 Å². The molecular weight excluding hydrogens is 657 g/mol. The van der Waals surface area contributed by atoms with Crippen molar-refractivity contribution in [3.8, 4) is 0 Å². The number of rotatable bonds is 19. The maximum absolute atomic E-state index is 13.9. The number of hydrogen-bond donors (Lipinski definition) is 7. The van der Waals surface area contributed by atoms with E-state index in [0.717, 1.165) is 44.3 Å². The first-order valence-corrected chi connectivity index (χ1v) is 19.8. The van der Waals surface area contributed by atoms with Gasteiger partial charge < -0.3 is 36.8 Å². The van der Waals surface area contributed by atoms with Crippen LogP contribution in [0.1, 0.15) is 104 Å². The molecule has 9 atom stereocenters. The summed E-state index contributed by atoms with van der Waals surface area (Å²) in [6.45, 7) is 7.68. The molecule has 280 valence electrons. The summed E-state index contributed by atoms with van der Waals surface area (Å²) in [4.78, 5) is 56.4. The van der Waals surface area contributed by atoms with Gasteiger partial charge in [-0.2, -0.15) is 11.8 Å². The lowest BCUT2D eigenvalue weighted by molar-refractivity contribution is -0.140. The number of nitrogens with one attached hydrogen (secondary N) is 5. The number of carbonyl (C=O) groups is 4. The third-order valence-electron chi connectivity index (χ3n) is 10.9. The van der Waals surface area contributed by atoms with E-state index in [4.69, 9.17) is 0 Å². The quantitative estimate of drug-likeness (QED) is 0.0840. The van der Waals surface area contributed by atoms with Crippen molar-refractivity contribution in [2.75, 3.05) is 5.75 Å². The molecule has 0 radical (unpaired) electrons. The Bertz CT molecular complexity index is 1250. The Balaban J connectivity index is 1.37. The first-order valence-electron chi connectivity index (χ1n) is 18.8. The molecule has 4 rings (SSSR count). The lowest BCUT2D eigenvalue weighted by atomic mass is 9.79. The van der Waals surface area contributed by atoms with Crippen LogP contribution in [0.3, 0.4) is 0 Å². The average molecular weight is 717 g/mol. The van der Waals surface area contributed by atoms with E-state index in [0.29, 0.717) is 42.5 Å². The zero-order chi connectivity index (χ0) is 36.2. The number of pyridine rings is 1. The van der Waals surface area contributed by atoms with Crippen LogP contribution in [0.25, 0.3) is 0 Å². The highest BCUT2D eigenvalue weighted by Crippen LogP contribution is 2.33. The first kappa shape index (κ1) is 39.9. The number of carbonyl (C=O) groups excluding carboxylic acids is 4. The fourth-order valence-electron chi connectivity index (χ4n) is 7.66. The van der Waals surface area contributed by atoms with E-state index in [9.17, 15) is 29.4 Å². The van der Waals surface area contributed by atoms with Crippen molar-refractivity contribution in [3.05, 3.63) is 30.1 Å². The van der Waals surface area contributed by atoms with Gasteiger partial charge in [0.25, 0.3) is 0 Å². The van der Waals surface area contributed by atoms with Crippen LogP contribution in [0.15, 0.2) is 24.4 Å². The van der Waals surface area contributed by atoms with Gasteiger partial charge in [0.2, 0.25) is 17.7 Å². The molecule has 13 heteroatoms. The van der Waals surface area contributed by atoms with E-state index >= 15 is 0 Å². The van der Waals surface area contributed by atoms with Crippen molar-refractivity contribution in [1.82, 2.24) is 31.6 Å². The number of amides is 5. The van der Waals surface area contributed by atoms with Gasteiger partial charge in [-0.25, -0.2) is 4.79 Å². The van der Waals surface area contributed by atoms with Crippen LogP contribution < -0.4 is 26.6 Å². The third-order valence-corrected chi connectivity index (χ3v) is 12.4. The van der Waals surface area contributed by atoms with Crippen LogP contribution in [-0.4, -0.2) is 86.3 Å². The summed E-state index contributed by atoms with van der Waals surface area (Å²) in [5.41, 5.74) is 0.697. The Hall–Kier alpha value is -2.90. The van der Waals surface area contributed by atoms with Crippen LogP contribution in [0.4, 0.5) is 4.79 Å². The predicted octanol–water partition coefficient (Wildman–Crippen LogP) is 3.40. The highest BCUT2D eigenvalue weighted by Gasteiger charge is 2.43. The number of hydrogen-bond acceptors (Lipinski definition) is 8. The van der Waals surface area contributed by atoms with Gasteiger partial charge in [0, 0.05) is 23.6 Å². The maximum Gasteiger partial charge on any atom is 0.315 e. The van der Waals surface area contributed by atoms with Crippen molar-refractivity contribution in [2.24, 2.45) is 23.7 Å². The fourth-order valence-corrected chi connectivity index (χ4v) is 9.21. The molecule has 50 heavy (non-hydrogen) atoms. The lowest BCUT2D eigenvalue weighted by Gasteiger charge is -2.36. The van der Waals surface area contributed by atoms with Crippen molar-refractivity contribution < 1.29 is 29.4 Å². The number of unbranched alkanes of at least 4 members (excludes halogenated alkanes) is 1. The molecule has 3 aliphatic rings. The van der Waals surface area contributed by atoms with Crippen LogP contribution in [0.5, 0.6) is 0 Å². The smallest absolute Gasteiger partial charge is 0.315 e. The second kappa shape index (κ2) is 19.6. The van der Waals surface area contributed by atoms with Crippen LogP contribution in [0.2, 0.25) is 0 Å². The van der Waals surface area contributed by atoms with Crippen LogP contribution in [-0.2, 0) is 20.9 Å². The van der Waals surface area contributed by atoms with Gasteiger partial charge in [0.05, 0.1) is 42.4 Å². The Morgan fingerprint density at radius 2 is 1.76 bits per heavy atom. The van der Waals surface area contributed by atoms with E-state index in [1.165, 1.54) is 6.42 Å². The molecule has 0 spiro atoms. The Morgan fingerprint density at radius 3 is 2.44 bits per heavy atom. The molecule has 12 nitrogen and oxygen atoms in total. The van der Waals surface area contributed by atoms with E-state index in [-0.39, 0.29) is 48.3 Å². The Kier molecular flexibility index (Phi) is 15.7. The molecule has 1 saturated carbocycles. The van der Waals surface area contributed by atoms with E-state index in [1.54, 1.807) is 12.3 Å². The van der Waals surface area contributed by atoms with Crippen LogP contribution in [0, 0.1) is 23.7 Å². The molecular formula is C37H60N6O6S. The number of thioether (sulfide) groups is 1. The highest BCUT2D eigenvalue weighted by atomic mass is 32.2. The number of urea groups is 1. The first-order chi connectivity index (χ1) is 24.0. The summed E-state index contributed by atoms with van der Waals surface area (Å²) in [7, 11) is 0. The van der Waals surface area contributed by atoms with Crippen molar-refractivity contribution >= 4 is 35.5 Å². The minimum absolute atomic E-state index is 0.107. The molecule has 2 saturated heterocycles. The summed E-state index contributed by atoms with van der Waals surface area (Å²) in [6, 6.07) is 4.09. The molecule has 1 aromatic heterocycles. The van der Waals surface area contributed by atoms with Gasteiger partial charge in [-0.05, 0) is 49.1 Å². The van der Waals surface area contributed by atoms with Crippen molar-refractivity contribution in [1.29, 1.82) is 0 Å². The molecule has 0 bridgehead atoms. The molecule has 1 aliphatic carbocycles. The lowest BCUT2D eigenvalue weighted by Crippen LogP contribution is -2.57. The van der Waals surface area contributed by atoms with Gasteiger partial charge in [-0.3, -0.25) is 19.4 Å². The van der Waals surface area contributed by atoms with Crippen LogP contribution >= 0.6 is 11.8 Å². The number of fused-ring (bicyclic) bond motifs is 1. The molecule has 5 amide bonds. The topological polar surface area (TPSA) is 182 Å². The van der Waals surface area contributed by atoms with Crippen molar-refractivity contribution in [2.45, 2.75) is 146 Å². The van der Waals surface area contributed by atoms with Crippen molar-refractivity contribution in [3.63, 3.8) is 0 Å². The third kappa shape index (κ3) is 11.3. The minimum Gasteiger partial charge on any atom is -0.390 e. The fraction of sp³-hybridized carbons (Fsp3) is 0.757. The van der Waals surface area contributed by atoms with Gasteiger partial charge in [-0.15, -0.1) is 0 Å².